The van der Waals surface area contributed by atoms with Crippen molar-refractivity contribution in [1.29, 1.82) is 0 Å². The van der Waals surface area contributed by atoms with Gasteiger partial charge in [0, 0.05) is 53.6 Å². The van der Waals surface area contributed by atoms with Crippen molar-refractivity contribution in [1.82, 2.24) is 10.2 Å². The maximum atomic E-state index is 5.39. The van der Waals surface area contributed by atoms with Crippen LogP contribution in [-0.4, -0.2) is 67.8 Å². The monoisotopic (exact) mass is 248 g/mol. The Labute approximate surface area is 99.4 Å². The van der Waals surface area contributed by atoms with Crippen LogP contribution in [-0.2, 0) is 13.3 Å². The lowest BCUT2D eigenvalue weighted by atomic mass is 10.3. The number of nitrogens with one attached hydrogen (secondary N) is 1. The molecule has 0 amide bonds. The van der Waals surface area contributed by atoms with Crippen LogP contribution in [0.5, 0.6) is 0 Å². The summed E-state index contributed by atoms with van der Waals surface area (Å²) in [6.07, 6.45) is 1.07. The van der Waals surface area contributed by atoms with Crippen molar-refractivity contribution in [3.8, 4) is 0 Å². The normalized spacial score (nSPS) is 18.9. The first-order valence-electron chi connectivity index (χ1n) is 5.85. The summed E-state index contributed by atoms with van der Waals surface area (Å²) in [6.45, 7) is 5.58. The van der Waals surface area contributed by atoms with Gasteiger partial charge in [-0.05, 0) is 13.0 Å². The maximum Gasteiger partial charge on any atom is 0.500 e. The lowest BCUT2D eigenvalue weighted by Gasteiger charge is -2.29. The topological polar surface area (TPSA) is 43.0 Å². The molecule has 0 unspecified atom stereocenters. The molecule has 1 saturated heterocycles. The van der Waals surface area contributed by atoms with Crippen molar-refractivity contribution in [2.45, 2.75) is 12.5 Å². The van der Waals surface area contributed by atoms with Crippen molar-refractivity contribution in [3.05, 3.63) is 0 Å². The van der Waals surface area contributed by atoms with Gasteiger partial charge < -0.3 is 23.5 Å². The molecule has 0 radical (unpaired) electrons. The van der Waals surface area contributed by atoms with Crippen molar-refractivity contribution < 1.29 is 13.3 Å². The van der Waals surface area contributed by atoms with Crippen LogP contribution in [0.2, 0.25) is 6.04 Å². The molecule has 1 rings (SSSR count). The predicted molar refractivity (Wildman–Crippen MR) is 65.5 cm³/mol. The first kappa shape index (κ1) is 14.1. The molecule has 96 valence electrons. The third-order valence-electron chi connectivity index (χ3n) is 3.10. The minimum absolute atomic E-state index is 0.889. The molecule has 0 bridgehead atoms. The molecule has 6 heteroatoms. The molecule has 0 saturated carbocycles. The highest BCUT2D eigenvalue weighted by Crippen LogP contribution is 2.15. The van der Waals surface area contributed by atoms with Gasteiger partial charge in [-0.3, -0.25) is 0 Å². The highest BCUT2D eigenvalue weighted by Gasteiger charge is 2.37. The average molecular weight is 248 g/mol. The van der Waals surface area contributed by atoms with Crippen LogP contribution in [0, 0.1) is 0 Å². The third-order valence-corrected chi connectivity index (χ3v) is 5.93. The maximum absolute atomic E-state index is 5.39. The summed E-state index contributed by atoms with van der Waals surface area (Å²) in [5.74, 6) is 0. The van der Waals surface area contributed by atoms with Gasteiger partial charge in [0.05, 0.1) is 0 Å². The zero-order valence-electron chi connectivity index (χ0n) is 10.6. The highest BCUT2D eigenvalue weighted by atomic mass is 28.4. The number of piperazine rings is 1. The summed E-state index contributed by atoms with van der Waals surface area (Å²) in [4.78, 5) is 2.47. The molecule has 0 aromatic rings. The molecule has 1 heterocycles. The predicted octanol–water partition coefficient (Wildman–Crippen LogP) is 0.160. The van der Waals surface area contributed by atoms with Gasteiger partial charge in [0.2, 0.25) is 0 Å². The van der Waals surface area contributed by atoms with E-state index >= 15 is 0 Å². The van der Waals surface area contributed by atoms with Gasteiger partial charge in [0.25, 0.3) is 0 Å². The van der Waals surface area contributed by atoms with Crippen LogP contribution in [0.3, 0.4) is 0 Å². The molecule has 1 aliphatic heterocycles. The van der Waals surface area contributed by atoms with E-state index in [1.54, 1.807) is 21.3 Å². The zero-order valence-corrected chi connectivity index (χ0v) is 11.6. The largest absolute Gasteiger partial charge is 0.500 e. The molecule has 5 nitrogen and oxygen atoms in total. The van der Waals surface area contributed by atoms with Gasteiger partial charge in [-0.15, -0.1) is 0 Å². The second-order valence-corrected chi connectivity index (χ2v) is 7.08. The Hall–Kier alpha value is 0.0169. The van der Waals surface area contributed by atoms with E-state index in [4.69, 9.17) is 13.3 Å². The Balaban J connectivity index is 2.21. The van der Waals surface area contributed by atoms with Gasteiger partial charge in [0.1, 0.15) is 0 Å². The van der Waals surface area contributed by atoms with E-state index in [1.165, 1.54) is 0 Å². The van der Waals surface area contributed by atoms with Crippen molar-refractivity contribution >= 4 is 8.80 Å². The van der Waals surface area contributed by atoms with Gasteiger partial charge in [-0.25, -0.2) is 0 Å². The van der Waals surface area contributed by atoms with Gasteiger partial charge >= 0.3 is 8.80 Å². The second kappa shape index (κ2) is 7.36. The fourth-order valence-electron chi connectivity index (χ4n) is 2.01. The van der Waals surface area contributed by atoms with Gasteiger partial charge in [0.15, 0.2) is 0 Å². The van der Waals surface area contributed by atoms with Crippen molar-refractivity contribution in [2.24, 2.45) is 0 Å². The minimum atomic E-state index is -2.34. The van der Waals surface area contributed by atoms with Crippen molar-refractivity contribution in [3.63, 3.8) is 0 Å². The van der Waals surface area contributed by atoms with E-state index in [1.807, 2.05) is 0 Å². The quantitative estimate of drug-likeness (QED) is 0.650. The van der Waals surface area contributed by atoms with Crippen molar-refractivity contribution in [2.75, 3.05) is 54.1 Å². The molecule has 1 fully saturated rings. The Morgan fingerprint density at radius 1 is 1.06 bits per heavy atom. The SMILES string of the molecule is CO[Si](CCCN1CCNCC1)(OC)OC. The van der Waals surface area contributed by atoms with Crippen LogP contribution in [0.25, 0.3) is 0 Å². The van der Waals surface area contributed by atoms with E-state index in [-0.39, 0.29) is 0 Å². The first-order chi connectivity index (χ1) is 7.76. The van der Waals surface area contributed by atoms with E-state index in [0.29, 0.717) is 0 Å². The fourth-order valence-corrected chi connectivity index (χ4v) is 3.71. The lowest BCUT2D eigenvalue weighted by molar-refractivity contribution is 0.121. The summed E-state index contributed by atoms with van der Waals surface area (Å²) in [5.41, 5.74) is 0. The molecule has 0 aromatic carbocycles. The molecular formula is C10H24N2O3Si. The van der Waals surface area contributed by atoms with Crippen LogP contribution in [0.4, 0.5) is 0 Å². The van der Waals surface area contributed by atoms with E-state index in [9.17, 15) is 0 Å². The fraction of sp³-hybridized carbons (Fsp3) is 1.00. The van der Waals surface area contributed by atoms with Gasteiger partial charge in [-0.1, -0.05) is 0 Å². The van der Waals surface area contributed by atoms with E-state index < -0.39 is 8.80 Å². The summed E-state index contributed by atoms with van der Waals surface area (Å²) >= 11 is 0. The second-order valence-electron chi connectivity index (χ2n) is 3.99. The number of hydrogen-bond acceptors (Lipinski definition) is 5. The third kappa shape index (κ3) is 4.12. The van der Waals surface area contributed by atoms with Gasteiger partial charge in [-0.2, -0.15) is 0 Å². The van der Waals surface area contributed by atoms with E-state index in [2.05, 4.69) is 10.2 Å². The standard InChI is InChI=1S/C10H24N2O3Si/c1-13-16(14-2,15-3)10-4-7-12-8-5-11-6-9-12/h11H,4-10H2,1-3H3. The first-order valence-corrected chi connectivity index (χ1v) is 7.78. The Morgan fingerprint density at radius 2 is 1.62 bits per heavy atom. The highest BCUT2D eigenvalue weighted by molar-refractivity contribution is 6.60. The number of hydrogen-bond donors (Lipinski definition) is 1. The molecule has 1 aliphatic rings. The molecule has 0 aliphatic carbocycles. The molecular weight excluding hydrogens is 224 g/mol. The molecule has 0 atom stereocenters. The molecule has 0 aromatic heterocycles. The van der Waals surface area contributed by atoms with Crippen LogP contribution >= 0.6 is 0 Å². The minimum Gasteiger partial charge on any atom is -0.377 e. The Kier molecular flexibility index (Phi) is 6.48. The average Bonchev–Trinajstić information content (AvgIpc) is 2.37. The molecule has 1 N–H and O–H groups in total. The zero-order chi connectivity index (χ0) is 11.9. The number of rotatable bonds is 7. The Morgan fingerprint density at radius 3 is 2.12 bits per heavy atom. The summed E-state index contributed by atoms with van der Waals surface area (Å²) in [5, 5.41) is 3.35. The molecule has 16 heavy (non-hydrogen) atoms. The molecule has 0 spiro atoms. The Bertz CT molecular complexity index is 177. The lowest BCUT2D eigenvalue weighted by Crippen LogP contribution is -2.46. The van der Waals surface area contributed by atoms with Crippen LogP contribution in [0.1, 0.15) is 6.42 Å². The van der Waals surface area contributed by atoms with Crippen LogP contribution < -0.4 is 5.32 Å². The smallest absolute Gasteiger partial charge is 0.377 e. The summed E-state index contributed by atoms with van der Waals surface area (Å²) in [6, 6.07) is 0.889. The summed E-state index contributed by atoms with van der Waals surface area (Å²) in [7, 11) is 2.67. The summed E-state index contributed by atoms with van der Waals surface area (Å²) < 4.78 is 16.2. The number of nitrogens with zero attached hydrogens (tertiary/aromatic N) is 1. The van der Waals surface area contributed by atoms with E-state index in [0.717, 1.165) is 45.2 Å². The van der Waals surface area contributed by atoms with Crippen LogP contribution in [0.15, 0.2) is 0 Å².